The van der Waals surface area contributed by atoms with Crippen molar-refractivity contribution in [1.82, 2.24) is 9.62 Å². The molecule has 1 aliphatic heterocycles. The first-order chi connectivity index (χ1) is 8.76. The first-order valence-corrected chi connectivity index (χ1v) is 7.65. The predicted octanol–water partition coefficient (Wildman–Crippen LogP) is 1.24. The van der Waals surface area contributed by atoms with Crippen molar-refractivity contribution in [3.63, 3.8) is 0 Å². The van der Waals surface area contributed by atoms with Crippen molar-refractivity contribution < 1.29 is 13.2 Å². The number of carbonyl (C=O) groups excluding carboxylic acids is 1. The van der Waals surface area contributed by atoms with E-state index in [9.17, 15) is 13.2 Å². The lowest BCUT2D eigenvalue weighted by atomic mass is 10.0. The Morgan fingerprint density at radius 2 is 2.05 bits per heavy atom. The smallest absolute Gasteiger partial charge is 0.244 e. The van der Waals surface area contributed by atoms with Gasteiger partial charge in [-0.05, 0) is 32.0 Å². The summed E-state index contributed by atoms with van der Waals surface area (Å²) in [5, 5.41) is 3.01. The van der Waals surface area contributed by atoms with Crippen LogP contribution in [0, 0.1) is 0 Å². The molecular formula is C12H15ClN2O3S. The largest absolute Gasteiger partial charge is 0.353 e. The van der Waals surface area contributed by atoms with Crippen molar-refractivity contribution in [1.29, 1.82) is 0 Å². The molecule has 1 saturated heterocycles. The zero-order chi connectivity index (χ0) is 14.3. The van der Waals surface area contributed by atoms with Gasteiger partial charge in [-0.2, -0.15) is 4.31 Å². The van der Waals surface area contributed by atoms with Gasteiger partial charge < -0.3 is 5.32 Å². The Bertz CT molecular complexity index is 613. The summed E-state index contributed by atoms with van der Waals surface area (Å²) in [6.45, 7) is 3.73. The monoisotopic (exact) mass is 302 g/mol. The minimum Gasteiger partial charge on any atom is -0.353 e. The molecule has 0 aliphatic carbocycles. The van der Waals surface area contributed by atoms with Crippen LogP contribution >= 0.6 is 11.6 Å². The molecule has 0 bridgehead atoms. The van der Waals surface area contributed by atoms with Crippen molar-refractivity contribution in [2.75, 3.05) is 13.1 Å². The quantitative estimate of drug-likeness (QED) is 0.894. The molecule has 0 atom stereocenters. The second-order valence-electron chi connectivity index (χ2n) is 4.85. The Balaban J connectivity index is 2.47. The van der Waals surface area contributed by atoms with Gasteiger partial charge in [-0.1, -0.05) is 17.7 Å². The third-order valence-electron chi connectivity index (χ3n) is 3.16. The van der Waals surface area contributed by atoms with Gasteiger partial charge in [0, 0.05) is 18.1 Å². The molecule has 0 radical (unpaired) electrons. The van der Waals surface area contributed by atoms with Gasteiger partial charge >= 0.3 is 0 Å². The summed E-state index contributed by atoms with van der Waals surface area (Å²) < 4.78 is 26.4. The molecule has 1 N–H and O–H groups in total. The summed E-state index contributed by atoms with van der Waals surface area (Å²) in [4.78, 5) is 11.9. The molecule has 19 heavy (non-hydrogen) atoms. The van der Waals surface area contributed by atoms with Crippen molar-refractivity contribution in [3.05, 3.63) is 29.3 Å². The molecule has 104 valence electrons. The van der Waals surface area contributed by atoms with Gasteiger partial charge in [0.05, 0.1) is 4.90 Å². The second-order valence-corrected chi connectivity index (χ2v) is 7.15. The number of nitrogens with zero attached hydrogens (tertiary/aromatic N) is 1. The zero-order valence-corrected chi connectivity index (χ0v) is 12.3. The summed E-state index contributed by atoms with van der Waals surface area (Å²) in [5.41, 5.74) is -1.11. The fourth-order valence-electron chi connectivity index (χ4n) is 2.06. The SMILES string of the molecule is CC1(C)C(=O)NCCN1S(=O)(=O)c1cccc(Cl)c1. The van der Waals surface area contributed by atoms with Gasteiger partial charge in [-0.15, -0.1) is 0 Å². The van der Waals surface area contributed by atoms with Crippen molar-refractivity contribution >= 4 is 27.5 Å². The highest BCUT2D eigenvalue weighted by Crippen LogP contribution is 2.27. The summed E-state index contributed by atoms with van der Waals surface area (Å²) in [7, 11) is -3.74. The van der Waals surface area contributed by atoms with E-state index in [0.717, 1.165) is 0 Å². The molecule has 1 aromatic rings. The normalized spacial score (nSPS) is 20.1. The van der Waals surface area contributed by atoms with Crippen LogP contribution in [0.5, 0.6) is 0 Å². The predicted molar refractivity (Wildman–Crippen MR) is 72.4 cm³/mol. The molecule has 0 spiro atoms. The van der Waals surface area contributed by atoms with E-state index in [-0.39, 0.29) is 17.3 Å². The number of benzene rings is 1. The summed E-state index contributed by atoms with van der Waals surface area (Å²) in [6.07, 6.45) is 0. The maximum absolute atomic E-state index is 12.6. The molecule has 0 saturated carbocycles. The fourth-order valence-corrected chi connectivity index (χ4v) is 4.11. The number of hydrogen-bond acceptors (Lipinski definition) is 3. The van der Waals surface area contributed by atoms with E-state index in [2.05, 4.69) is 5.32 Å². The van der Waals surface area contributed by atoms with Gasteiger partial charge in [0.15, 0.2) is 0 Å². The van der Waals surface area contributed by atoms with Crippen LogP contribution in [0.4, 0.5) is 0 Å². The lowest BCUT2D eigenvalue weighted by Crippen LogP contribution is -2.63. The van der Waals surface area contributed by atoms with Crippen LogP contribution in [0.1, 0.15) is 13.8 Å². The molecule has 1 amide bonds. The highest BCUT2D eigenvalue weighted by atomic mass is 35.5. The number of hydrogen-bond donors (Lipinski definition) is 1. The number of rotatable bonds is 2. The number of sulfonamides is 1. The summed E-state index contributed by atoms with van der Waals surface area (Å²) in [6, 6.07) is 6.05. The van der Waals surface area contributed by atoms with Crippen LogP contribution in [0.3, 0.4) is 0 Å². The number of amides is 1. The minimum atomic E-state index is -3.74. The molecule has 1 heterocycles. The first kappa shape index (κ1) is 14.3. The third-order valence-corrected chi connectivity index (χ3v) is 5.47. The maximum Gasteiger partial charge on any atom is 0.244 e. The van der Waals surface area contributed by atoms with Crippen LogP contribution < -0.4 is 5.32 Å². The Kier molecular flexibility index (Phi) is 3.59. The van der Waals surface area contributed by atoms with Crippen LogP contribution in [0.15, 0.2) is 29.2 Å². The fraction of sp³-hybridized carbons (Fsp3) is 0.417. The molecule has 0 unspecified atom stereocenters. The topological polar surface area (TPSA) is 66.5 Å². The molecule has 2 rings (SSSR count). The first-order valence-electron chi connectivity index (χ1n) is 5.83. The lowest BCUT2D eigenvalue weighted by molar-refractivity contribution is -0.131. The maximum atomic E-state index is 12.6. The lowest BCUT2D eigenvalue weighted by Gasteiger charge is -2.39. The highest BCUT2D eigenvalue weighted by molar-refractivity contribution is 7.89. The van der Waals surface area contributed by atoms with E-state index in [4.69, 9.17) is 11.6 Å². The molecule has 1 aliphatic rings. The van der Waals surface area contributed by atoms with E-state index >= 15 is 0 Å². The molecule has 1 aromatic carbocycles. The zero-order valence-electron chi connectivity index (χ0n) is 10.7. The van der Waals surface area contributed by atoms with Gasteiger partial charge in [0.2, 0.25) is 15.9 Å². The second kappa shape index (κ2) is 4.77. The average molecular weight is 303 g/mol. The third kappa shape index (κ3) is 2.48. The molecule has 0 aromatic heterocycles. The average Bonchev–Trinajstić information content (AvgIpc) is 2.32. The number of carbonyl (C=O) groups is 1. The summed E-state index contributed by atoms with van der Waals surface area (Å²) >= 11 is 5.83. The van der Waals surface area contributed by atoms with Crippen LogP contribution in [-0.4, -0.2) is 37.3 Å². The van der Waals surface area contributed by atoms with Gasteiger partial charge in [-0.25, -0.2) is 8.42 Å². The van der Waals surface area contributed by atoms with Gasteiger partial charge in [0.25, 0.3) is 0 Å². The van der Waals surface area contributed by atoms with Gasteiger partial charge in [0.1, 0.15) is 5.54 Å². The molecule has 5 nitrogen and oxygen atoms in total. The van der Waals surface area contributed by atoms with Crippen molar-refractivity contribution in [2.24, 2.45) is 0 Å². The Hall–Kier alpha value is -1.11. The molecule has 1 fully saturated rings. The number of piperazine rings is 1. The van der Waals surface area contributed by atoms with E-state index in [1.54, 1.807) is 26.0 Å². The van der Waals surface area contributed by atoms with E-state index in [0.29, 0.717) is 11.6 Å². The Morgan fingerprint density at radius 3 is 2.68 bits per heavy atom. The van der Waals surface area contributed by atoms with Crippen LogP contribution in [-0.2, 0) is 14.8 Å². The number of nitrogens with one attached hydrogen (secondary N) is 1. The highest BCUT2D eigenvalue weighted by Gasteiger charge is 2.44. The standard InChI is InChI=1S/C12H15ClN2O3S/c1-12(2)11(16)14-6-7-15(12)19(17,18)10-5-3-4-9(13)8-10/h3-5,8H,6-7H2,1-2H3,(H,14,16). The van der Waals surface area contributed by atoms with Crippen LogP contribution in [0.2, 0.25) is 5.02 Å². The minimum absolute atomic E-state index is 0.0998. The molecular weight excluding hydrogens is 288 g/mol. The van der Waals surface area contributed by atoms with Crippen molar-refractivity contribution in [3.8, 4) is 0 Å². The van der Waals surface area contributed by atoms with E-state index in [1.807, 2.05) is 0 Å². The van der Waals surface area contributed by atoms with Crippen molar-refractivity contribution in [2.45, 2.75) is 24.3 Å². The van der Waals surface area contributed by atoms with Gasteiger partial charge in [-0.3, -0.25) is 4.79 Å². The van der Waals surface area contributed by atoms with E-state index < -0.39 is 15.6 Å². The Labute approximate surface area is 117 Å². The van der Waals surface area contributed by atoms with E-state index in [1.165, 1.54) is 16.4 Å². The summed E-state index contributed by atoms with van der Waals surface area (Å²) in [5.74, 6) is -0.302. The number of halogens is 1. The molecule has 7 heteroatoms. The van der Waals surface area contributed by atoms with Crippen LogP contribution in [0.25, 0.3) is 0 Å². The Morgan fingerprint density at radius 1 is 1.37 bits per heavy atom.